The van der Waals surface area contributed by atoms with E-state index in [1.54, 1.807) is 19.1 Å². The van der Waals surface area contributed by atoms with Crippen molar-refractivity contribution in [1.82, 2.24) is 0 Å². The summed E-state index contributed by atoms with van der Waals surface area (Å²) in [6.45, 7) is 6.10. The van der Waals surface area contributed by atoms with Crippen LogP contribution in [-0.4, -0.2) is 15.0 Å². The largest absolute Gasteiger partial charge is 0.296 e. The van der Waals surface area contributed by atoms with E-state index in [4.69, 9.17) is 4.18 Å². The summed E-state index contributed by atoms with van der Waals surface area (Å²) in [7, 11) is -3.57. The maximum Gasteiger partial charge on any atom is 0.296 e. The molecule has 1 rings (SSSR count). The molecule has 17 heavy (non-hydrogen) atoms. The van der Waals surface area contributed by atoms with Crippen molar-refractivity contribution in [3.05, 3.63) is 29.8 Å². The van der Waals surface area contributed by atoms with Crippen molar-refractivity contribution in [3.63, 3.8) is 0 Å². The summed E-state index contributed by atoms with van der Waals surface area (Å²) in [5.41, 5.74) is 1.19. The normalized spacial score (nSPS) is 12.0. The Bertz CT molecular complexity index is 430. The molecule has 0 N–H and O–H groups in total. The van der Waals surface area contributed by atoms with Gasteiger partial charge in [-0.3, -0.25) is 4.18 Å². The van der Waals surface area contributed by atoms with Crippen LogP contribution in [0.1, 0.15) is 45.1 Å². The van der Waals surface area contributed by atoms with E-state index in [9.17, 15) is 8.42 Å². The summed E-state index contributed by atoms with van der Waals surface area (Å²) in [6, 6.07) is 7.00. The summed E-state index contributed by atoms with van der Waals surface area (Å²) >= 11 is 0. The standard InChI is InChI=1S/C13H20O3S/c1-4-11(5-2)12-7-9-13(10-8-12)17(14,15)16-6-3/h7-11H,4-6H2,1-3H3. The van der Waals surface area contributed by atoms with Crippen LogP contribution in [0.25, 0.3) is 0 Å². The maximum atomic E-state index is 11.6. The van der Waals surface area contributed by atoms with Gasteiger partial charge in [0.05, 0.1) is 11.5 Å². The molecule has 0 aliphatic rings. The van der Waals surface area contributed by atoms with Crippen molar-refractivity contribution in [1.29, 1.82) is 0 Å². The predicted molar refractivity (Wildman–Crippen MR) is 68.6 cm³/mol. The summed E-state index contributed by atoms with van der Waals surface area (Å²) in [5, 5.41) is 0. The van der Waals surface area contributed by atoms with Crippen LogP contribution in [-0.2, 0) is 14.3 Å². The second-order valence-corrected chi connectivity index (χ2v) is 5.56. The Balaban J connectivity index is 2.95. The first-order chi connectivity index (χ1) is 8.05. The second kappa shape index (κ2) is 6.17. The lowest BCUT2D eigenvalue weighted by molar-refractivity contribution is 0.338. The lowest BCUT2D eigenvalue weighted by Crippen LogP contribution is -2.06. The second-order valence-electron chi connectivity index (χ2n) is 3.94. The van der Waals surface area contributed by atoms with Gasteiger partial charge in [0.1, 0.15) is 0 Å². The van der Waals surface area contributed by atoms with Gasteiger partial charge >= 0.3 is 0 Å². The zero-order valence-corrected chi connectivity index (χ0v) is 11.5. The number of rotatable bonds is 6. The average Bonchev–Trinajstić information content (AvgIpc) is 2.31. The summed E-state index contributed by atoms with van der Waals surface area (Å²) in [6.07, 6.45) is 2.13. The van der Waals surface area contributed by atoms with Crippen LogP contribution in [0.15, 0.2) is 29.2 Å². The summed E-state index contributed by atoms with van der Waals surface area (Å²) in [5.74, 6) is 0.499. The van der Waals surface area contributed by atoms with E-state index < -0.39 is 10.1 Å². The van der Waals surface area contributed by atoms with Gasteiger partial charge in [-0.2, -0.15) is 8.42 Å². The first-order valence-corrected chi connectivity index (χ1v) is 7.45. The van der Waals surface area contributed by atoms with Gasteiger partial charge in [-0.15, -0.1) is 0 Å². The fourth-order valence-corrected chi connectivity index (χ4v) is 2.81. The minimum atomic E-state index is -3.57. The van der Waals surface area contributed by atoms with E-state index in [1.807, 2.05) is 12.1 Å². The molecule has 0 atom stereocenters. The maximum absolute atomic E-state index is 11.6. The van der Waals surface area contributed by atoms with E-state index in [-0.39, 0.29) is 11.5 Å². The lowest BCUT2D eigenvalue weighted by atomic mass is 9.94. The molecule has 0 fully saturated rings. The molecule has 0 unspecified atom stereocenters. The minimum absolute atomic E-state index is 0.163. The summed E-state index contributed by atoms with van der Waals surface area (Å²) in [4.78, 5) is 0.231. The van der Waals surface area contributed by atoms with Gasteiger partial charge in [-0.1, -0.05) is 26.0 Å². The molecular formula is C13H20O3S. The molecule has 96 valence electrons. The third-order valence-electron chi connectivity index (χ3n) is 2.90. The van der Waals surface area contributed by atoms with Crippen molar-refractivity contribution in [2.45, 2.75) is 44.4 Å². The number of hydrogen-bond acceptors (Lipinski definition) is 3. The Morgan fingerprint density at radius 1 is 1.06 bits per heavy atom. The fraction of sp³-hybridized carbons (Fsp3) is 0.538. The predicted octanol–water partition coefficient (Wildman–Crippen LogP) is 3.32. The van der Waals surface area contributed by atoms with Gasteiger partial charge < -0.3 is 0 Å². The van der Waals surface area contributed by atoms with E-state index in [0.29, 0.717) is 5.92 Å². The molecule has 0 aliphatic heterocycles. The van der Waals surface area contributed by atoms with Crippen molar-refractivity contribution in [2.75, 3.05) is 6.61 Å². The molecule has 3 nitrogen and oxygen atoms in total. The Morgan fingerprint density at radius 2 is 1.59 bits per heavy atom. The highest BCUT2D eigenvalue weighted by Gasteiger charge is 2.15. The molecular weight excluding hydrogens is 236 g/mol. The zero-order valence-electron chi connectivity index (χ0n) is 10.6. The van der Waals surface area contributed by atoms with Gasteiger partial charge in [0.2, 0.25) is 0 Å². The van der Waals surface area contributed by atoms with Crippen molar-refractivity contribution >= 4 is 10.1 Å². The first kappa shape index (κ1) is 14.2. The zero-order chi connectivity index (χ0) is 12.9. The van der Waals surface area contributed by atoms with Crippen LogP contribution in [0.3, 0.4) is 0 Å². The molecule has 0 heterocycles. The third-order valence-corrected chi connectivity index (χ3v) is 4.29. The molecule has 0 radical (unpaired) electrons. The van der Waals surface area contributed by atoms with Gasteiger partial charge in [0.15, 0.2) is 0 Å². The molecule has 0 spiro atoms. The molecule has 0 aromatic heterocycles. The van der Waals surface area contributed by atoms with Crippen LogP contribution < -0.4 is 0 Å². The monoisotopic (exact) mass is 256 g/mol. The van der Waals surface area contributed by atoms with Crippen LogP contribution in [0.5, 0.6) is 0 Å². The Kier molecular flexibility index (Phi) is 5.15. The van der Waals surface area contributed by atoms with Crippen molar-refractivity contribution in [3.8, 4) is 0 Å². The number of benzene rings is 1. The van der Waals surface area contributed by atoms with Crippen LogP contribution >= 0.6 is 0 Å². The molecule has 1 aromatic carbocycles. The van der Waals surface area contributed by atoms with E-state index in [1.165, 1.54) is 5.56 Å². The minimum Gasteiger partial charge on any atom is -0.267 e. The van der Waals surface area contributed by atoms with Crippen LogP contribution in [0.4, 0.5) is 0 Å². The Labute approximate surface area is 104 Å². The lowest BCUT2D eigenvalue weighted by Gasteiger charge is -2.13. The van der Waals surface area contributed by atoms with Gasteiger partial charge in [-0.25, -0.2) is 0 Å². The van der Waals surface area contributed by atoms with Gasteiger partial charge in [-0.05, 0) is 43.4 Å². The fourth-order valence-electron chi connectivity index (χ4n) is 1.89. The third kappa shape index (κ3) is 3.54. The Morgan fingerprint density at radius 3 is 2.00 bits per heavy atom. The molecule has 0 saturated carbocycles. The van der Waals surface area contributed by atoms with E-state index >= 15 is 0 Å². The van der Waals surface area contributed by atoms with E-state index in [0.717, 1.165) is 12.8 Å². The van der Waals surface area contributed by atoms with Crippen LogP contribution in [0, 0.1) is 0 Å². The molecule has 0 saturated heterocycles. The van der Waals surface area contributed by atoms with Crippen LogP contribution in [0.2, 0.25) is 0 Å². The van der Waals surface area contributed by atoms with Gasteiger partial charge in [0, 0.05) is 0 Å². The highest BCUT2D eigenvalue weighted by atomic mass is 32.2. The smallest absolute Gasteiger partial charge is 0.267 e. The molecule has 0 amide bonds. The van der Waals surface area contributed by atoms with Gasteiger partial charge in [0.25, 0.3) is 10.1 Å². The number of hydrogen-bond donors (Lipinski definition) is 0. The first-order valence-electron chi connectivity index (χ1n) is 6.04. The van der Waals surface area contributed by atoms with E-state index in [2.05, 4.69) is 13.8 Å². The highest BCUT2D eigenvalue weighted by Crippen LogP contribution is 2.24. The molecule has 0 bridgehead atoms. The SMILES string of the molecule is CCOS(=O)(=O)c1ccc(C(CC)CC)cc1. The quantitative estimate of drug-likeness (QED) is 0.733. The van der Waals surface area contributed by atoms with Crippen molar-refractivity contribution < 1.29 is 12.6 Å². The highest BCUT2D eigenvalue weighted by molar-refractivity contribution is 7.86. The van der Waals surface area contributed by atoms with Crippen molar-refractivity contribution in [2.24, 2.45) is 0 Å². The summed E-state index contributed by atoms with van der Waals surface area (Å²) < 4.78 is 28.0. The topological polar surface area (TPSA) is 43.4 Å². The Hall–Kier alpha value is -0.870. The average molecular weight is 256 g/mol. The molecule has 4 heteroatoms. The molecule has 0 aliphatic carbocycles. The molecule has 1 aromatic rings.